The number of nitrogens with zero attached hydrogens (tertiary/aromatic N) is 3. The molecule has 1 aromatic heterocycles. The molecule has 0 saturated heterocycles. The van der Waals surface area contributed by atoms with Gasteiger partial charge in [-0.05, 0) is 49.2 Å². The molecule has 3 rings (SSSR count). The van der Waals surface area contributed by atoms with Crippen molar-refractivity contribution in [3.05, 3.63) is 64.8 Å². The van der Waals surface area contributed by atoms with Gasteiger partial charge in [-0.2, -0.15) is 10.1 Å². The minimum atomic E-state index is 0.423. The first kappa shape index (κ1) is 15.2. The van der Waals surface area contributed by atoms with Crippen LogP contribution in [0.4, 0.5) is 23.1 Å². The van der Waals surface area contributed by atoms with Crippen LogP contribution < -0.4 is 10.6 Å². The molecule has 0 atom stereocenters. The molecule has 0 amide bonds. The standard InChI is InChI=1S/C17H16ClN5/c1-11-7-12(2)9-13(8-11)20-17-22-16(10-19-23-17)21-15-6-4-3-5-14(15)18/h3-10H,1-2H3,(H2,20,21,22,23). The molecule has 2 N–H and O–H groups in total. The van der Waals surface area contributed by atoms with Gasteiger partial charge in [0.05, 0.1) is 16.9 Å². The Bertz CT molecular complexity index is 814. The molecule has 0 fully saturated rings. The number of hydrogen-bond donors (Lipinski definition) is 2. The lowest BCUT2D eigenvalue weighted by atomic mass is 10.1. The van der Waals surface area contributed by atoms with Crippen molar-refractivity contribution in [3.8, 4) is 0 Å². The van der Waals surface area contributed by atoms with Gasteiger partial charge in [-0.3, -0.25) is 0 Å². The molecule has 0 aliphatic heterocycles. The molecule has 1 heterocycles. The van der Waals surface area contributed by atoms with E-state index >= 15 is 0 Å². The summed E-state index contributed by atoms with van der Waals surface area (Å²) in [5, 5.41) is 14.9. The summed E-state index contributed by atoms with van der Waals surface area (Å²) in [6, 6.07) is 13.6. The zero-order valence-corrected chi connectivity index (χ0v) is 13.6. The summed E-state index contributed by atoms with van der Waals surface area (Å²) in [5.41, 5.74) is 4.04. The minimum absolute atomic E-state index is 0.423. The summed E-state index contributed by atoms with van der Waals surface area (Å²) in [5.74, 6) is 0.993. The number of aryl methyl sites for hydroxylation is 2. The van der Waals surface area contributed by atoms with Gasteiger partial charge in [-0.15, -0.1) is 5.10 Å². The van der Waals surface area contributed by atoms with E-state index in [2.05, 4.69) is 31.9 Å². The van der Waals surface area contributed by atoms with Crippen LogP contribution in [0.1, 0.15) is 11.1 Å². The van der Waals surface area contributed by atoms with Gasteiger partial charge in [0.2, 0.25) is 5.95 Å². The van der Waals surface area contributed by atoms with E-state index in [-0.39, 0.29) is 0 Å². The molecule has 23 heavy (non-hydrogen) atoms. The van der Waals surface area contributed by atoms with Gasteiger partial charge in [0.25, 0.3) is 0 Å². The van der Waals surface area contributed by atoms with E-state index in [0.29, 0.717) is 16.8 Å². The molecule has 6 heteroatoms. The highest BCUT2D eigenvalue weighted by Gasteiger charge is 2.05. The summed E-state index contributed by atoms with van der Waals surface area (Å²) in [7, 11) is 0. The van der Waals surface area contributed by atoms with Crippen LogP contribution in [0.15, 0.2) is 48.7 Å². The maximum absolute atomic E-state index is 6.14. The van der Waals surface area contributed by atoms with Gasteiger partial charge >= 0.3 is 0 Å². The van der Waals surface area contributed by atoms with Gasteiger partial charge < -0.3 is 10.6 Å². The lowest BCUT2D eigenvalue weighted by Gasteiger charge is -2.09. The Balaban J connectivity index is 1.81. The lowest BCUT2D eigenvalue weighted by Crippen LogP contribution is -2.03. The molecule has 116 valence electrons. The van der Waals surface area contributed by atoms with Crippen LogP contribution in [-0.4, -0.2) is 15.2 Å². The van der Waals surface area contributed by atoms with E-state index in [1.807, 2.05) is 50.2 Å². The van der Waals surface area contributed by atoms with Gasteiger partial charge in [0, 0.05) is 5.69 Å². The van der Waals surface area contributed by atoms with Gasteiger partial charge in [-0.25, -0.2) is 0 Å². The third-order valence-electron chi connectivity index (χ3n) is 3.17. The van der Waals surface area contributed by atoms with Crippen molar-refractivity contribution in [2.24, 2.45) is 0 Å². The third-order valence-corrected chi connectivity index (χ3v) is 3.50. The van der Waals surface area contributed by atoms with Crippen molar-refractivity contribution in [1.82, 2.24) is 15.2 Å². The van der Waals surface area contributed by atoms with Crippen LogP contribution >= 0.6 is 11.6 Å². The number of para-hydroxylation sites is 1. The molecule has 0 aliphatic rings. The van der Waals surface area contributed by atoms with Crippen molar-refractivity contribution < 1.29 is 0 Å². The minimum Gasteiger partial charge on any atom is -0.338 e. The molecule has 0 saturated carbocycles. The van der Waals surface area contributed by atoms with E-state index in [4.69, 9.17) is 11.6 Å². The first-order valence-electron chi connectivity index (χ1n) is 7.17. The maximum Gasteiger partial charge on any atom is 0.249 e. The van der Waals surface area contributed by atoms with E-state index in [1.54, 1.807) is 6.20 Å². The highest BCUT2D eigenvalue weighted by Crippen LogP contribution is 2.24. The first-order valence-corrected chi connectivity index (χ1v) is 7.54. The second kappa shape index (κ2) is 6.62. The van der Waals surface area contributed by atoms with Gasteiger partial charge in [-0.1, -0.05) is 29.8 Å². The fourth-order valence-electron chi connectivity index (χ4n) is 2.29. The van der Waals surface area contributed by atoms with Crippen LogP contribution in [0.2, 0.25) is 5.02 Å². The Kier molecular flexibility index (Phi) is 4.39. The number of benzene rings is 2. The topological polar surface area (TPSA) is 62.7 Å². The van der Waals surface area contributed by atoms with Crippen LogP contribution in [0.3, 0.4) is 0 Å². The zero-order valence-electron chi connectivity index (χ0n) is 12.8. The quantitative estimate of drug-likeness (QED) is 0.732. The smallest absolute Gasteiger partial charge is 0.249 e. The number of anilines is 4. The van der Waals surface area contributed by atoms with Crippen molar-refractivity contribution in [2.75, 3.05) is 10.6 Å². The Morgan fingerprint density at radius 1 is 0.957 bits per heavy atom. The van der Waals surface area contributed by atoms with Crippen molar-refractivity contribution in [3.63, 3.8) is 0 Å². The fraction of sp³-hybridized carbons (Fsp3) is 0.118. The van der Waals surface area contributed by atoms with Crippen molar-refractivity contribution in [1.29, 1.82) is 0 Å². The summed E-state index contributed by atoms with van der Waals surface area (Å²) in [4.78, 5) is 4.41. The van der Waals surface area contributed by atoms with Crippen LogP contribution in [-0.2, 0) is 0 Å². The summed E-state index contributed by atoms with van der Waals surface area (Å²) >= 11 is 6.14. The predicted molar refractivity (Wildman–Crippen MR) is 93.8 cm³/mol. The second-order valence-electron chi connectivity index (χ2n) is 5.27. The van der Waals surface area contributed by atoms with E-state index in [0.717, 1.165) is 11.4 Å². The average Bonchev–Trinajstić information content (AvgIpc) is 2.49. The monoisotopic (exact) mass is 325 g/mol. The maximum atomic E-state index is 6.14. The molecule has 0 bridgehead atoms. The Hall–Kier alpha value is -2.66. The molecule has 0 unspecified atom stereocenters. The Morgan fingerprint density at radius 3 is 2.43 bits per heavy atom. The van der Waals surface area contributed by atoms with Crippen LogP contribution in [0.5, 0.6) is 0 Å². The summed E-state index contributed by atoms with van der Waals surface area (Å²) in [6.45, 7) is 4.10. The number of halogens is 1. The molecule has 0 aliphatic carbocycles. The first-order chi connectivity index (χ1) is 11.1. The van der Waals surface area contributed by atoms with Crippen molar-refractivity contribution in [2.45, 2.75) is 13.8 Å². The lowest BCUT2D eigenvalue weighted by molar-refractivity contribution is 0.982. The fourth-order valence-corrected chi connectivity index (χ4v) is 2.48. The Labute approximate surface area is 139 Å². The average molecular weight is 326 g/mol. The highest BCUT2D eigenvalue weighted by atomic mass is 35.5. The van der Waals surface area contributed by atoms with E-state index in [9.17, 15) is 0 Å². The molecule has 0 spiro atoms. The SMILES string of the molecule is Cc1cc(C)cc(Nc2nncc(Nc3ccccc3Cl)n2)c1. The van der Waals surface area contributed by atoms with Gasteiger partial charge in [0.15, 0.2) is 5.82 Å². The summed E-state index contributed by atoms with van der Waals surface area (Å²) < 4.78 is 0. The van der Waals surface area contributed by atoms with Crippen LogP contribution in [0, 0.1) is 13.8 Å². The van der Waals surface area contributed by atoms with Crippen LogP contribution in [0.25, 0.3) is 0 Å². The zero-order chi connectivity index (χ0) is 16.2. The second-order valence-corrected chi connectivity index (χ2v) is 5.68. The number of hydrogen-bond acceptors (Lipinski definition) is 5. The molecular formula is C17H16ClN5. The number of aromatic nitrogens is 3. The number of nitrogens with one attached hydrogen (secondary N) is 2. The molecule has 5 nitrogen and oxygen atoms in total. The molecule has 2 aromatic carbocycles. The third kappa shape index (κ3) is 3.96. The molecule has 3 aromatic rings. The molecular weight excluding hydrogens is 310 g/mol. The number of rotatable bonds is 4. The molecule has 0 radical (unpaired) electrons. The van der Waals surface area contributed by atoms with E-state index < -0.39 is 0 Å². The van der Waals surface area contributed by atoms with Gasteiger partial charge in [0.1, 0.15) is 0 Å². The predicted octanol–water partition coefficient (Wildman–Crippen LogP) is 4.63. The van der Waals surface area contributed by atoms with Crippen molar-refractivity contribution >= 4 is 34.7 Å². The summed E-state index contributed by atoms with van der Waals surface area (Å²) in [6.07, 6.45) is 1.55. The highest BCUT2D eigenvalue weighted by molar-refractivity contribution is 6.33. The normalized spacial score (nSPS) is 10.4. The Morgan fingerprint density at radius 2 is 1.70 bits per heavy atom. The largest absolute Gasteiger partial charge is 0.338 e. The van der Waals surface area contributed by atoms with E-state index in [1.165, 1.54) is 11.1 Å².